The van der Waals surface area contributed by atoms with E-state index in [1.165, 1.54) is 0 Å². The molecule has 4 nitrogen and oxygen atoms in total. The van der Waals surface area contributed by atoms with E-state index in [2.05, 4.69) is 10.6 Å². The van der Waals surface area contributed by atoms with Crippen molar-refractivity contribution in [1.82, 2.24) is 10.6 Å². The van der Waals surface area contributed by atoms with Gasteiger partial charge in [-0.05, 0) is 0 Å². The van der Waals surface area contributed by atoms with Gasteiger partial charge in [0.1, 0.15) is 0 Å². The molecule has 76 valence electrons. The van der Waals surface area contributed by atoms with Crippen LogP contribution in [0.15, 0.2) is 0 Å². The summed E-state index contributed by atoms with van der Waals surface area (Å²) >= 11 is 0. The number of hydrogen-bond donors (Lipinski definition) is 4. The monoisotopic (exact) mass is 278 g/mol. The van der Waals surface area contributed by atoms with Gasteiger partial charge < -0.3 is 22.1 Å². The first kappa shape index (κ1) is 18.6. The van der Waals surface area contributed by atoms with Gasteiger partial charge in [0.2, 0.25) is 0 Å². The van der Waals surface area contributed by atoms with Gasteiger partial charge in [0, 0.05) is 56.6 Å². The maximum absolute atomic E-state index is 4.90. The number of hydrogen-bond acceptors (Lipinski definition) is 4. The van der Waals surface area contributed by atoms with Gasteiger partial charge in [-0.25, -0.2) is 0 Å². The second-order valence-corrected chi connectivity index (χ2v) is 2.08. The molecule has 0 atom stereocenters. The smallest absolute Gasteiger partial charge is 0.00772 e. The Hall–Kier alpha value is 0.852. The van der Waals surface area contributed by atoms with Gasteiger partial charge in [-0.1, -0.05) is 0 Å². The second kappa shape index (κ2) is 17.8. The zero-order valence-electron chi connectivity index (χ0n) is 7.21. The fourth-order valence-corrected chi connectivity index (χ4v) is 0.604. The van der Waals surface area contributed by atoms with Gasteiger partial charge in [0.05, 0.1) is 0 Å². The Balaban J connectivity index is -0.000000124. The van der Waals surface area contributed by atoms with Crippen LogP contribution in [0.3, 0.4) is 0 Å². The van der Waals surface area contributed by atoms with E-state index in [-0.39, 0.29) is 34.3 Å². The second-order valence-electron chi connectivity index (χ2n) is 2.08. The molecule has 1 fully saturated rings. The molecule has 0 amide bonds. The van der Waals surface area contributed by atoms with Crippen molar-refractivity contribution in [3.8, 4) is 0 Å². The molecule has 0 aliphatic carbocycles. The molecule has 1 aliphatic rings. The summed E-state index contributed by atoms with van der Waals surface area (Å²) in [6, 6.07) is 0. The minimum absolute atomic E-state index is 0. The molecule has 0 spiro atoms. The van der Waals surface area contributed by atoms with Gasteiger partial charge >= 0.3 is 0 Å². The average Bonchev–Trinajstić information content (AvgIpc) is 2.08. The molecular weight excluding hydrogens is 260 g/mol. The quantitative estimate of drug-likeness (QED) is 0.479. The van der Waals surface area contributed by atoms with Gasteiger partial charge in [-0.15, -0.1) is 17.0 Å². The largest absolute Gasteiger partial charge is 0.329 e. The molecule has 0 aromatic carbocycles. The number of rotatable bonds is 1. The summed E-state index contributed by atoms with van der Waals surface area (Å²) in [6.45, 7) is 5.75. The molecule has 0 aromatic rings. The summed E-state index contributed by atoms with van der Waals surface area (Å²) in [5.41, 5.74) is 9.81. The molecule has 1 saturated heterocycles. The number of halogens is 1. The third-order valence-corrected chi connectivity index (χ3v) is 1.12. The first-order valence-electron chi connectivity index (χ1n) is 3.73. The fourth-order valence-electron chi connectivity index (χ4n) is 0.604. The average molecular weight is 279 g/mol. The standard InChI is InChI=1S/C4H10N2.C2H8N2.BrH.Cr/c1-2-6-4-3-5-1;3-1-2-4;;/h5-6H,1-4H2;1-4H2;1H;. The normalized spacial score (nSPS) is 14.5. The Kier molecular flexibility index (Phi) is 27.6. The van der Waals surface area contributed by atoms with Gasteiger partial charge in [-0.2, -0.15) is 0 Å². The van der Waals surface area contributed by atoms with Gasteiger partial charge in [-0.3, -0.25) is 0 Å². The molecule has 0 saturated carbocycles. The molecule has 0 bridgehead atoms. The predicted molar refractivity (Wildman–Crippen MR) is 54.2 cm³/mol. The third-order valence-electron chi connectivity index (χ3n) is 1.12. The first-order chi connectivity index (χ1) is 4.91. The Morgan fingerprint density at radius 3 is 1.17 bits per heavy atom. The summed E-state index contributed by atoms with van der Waals surface area (Å²) in [6.07, 6.45) is 0. The fraction of sp³-hybridized carbons (Fsp3) is 1.00. The molecular formula is C6H19BrCrN4. The molecule has 0 radical (unpaired) electrons. The summed E-state index contributed by atoms with van der Waals surface area (Å²) in [5, 5.41) is 6.44. The molecule has 12 heavy (non-hydrogen) atoms. The minimum Gasteiger partial charge on any atom is -0.329 e. The maximum Gasteiger partial charge on any atom is 0.00772 e. The summed E-state index contributed by atoms with van der Waals surface area (Å²) in [5.74, 6) is 0. The van der Waals surface area contributed by atoms with E-state index in [9.17, 15) is 0 Å². The van der Waals surface area contributed by atoms with Gasteiger partial charge in [0.15, 0.2) is 0 Å². The third kappa shape index (κ3) is 17.1. The molecule has 6 heteroatoms. The van der Waals surface area contributed by atoms with Crippen molar-refractivity contribution in [3.63, 3.8) is 0 Å². The molecule has 1 rings (SSSR count). The van der Waals surface area contributed by atoms with Crippen LogP contribution in [0.5, 0.6) is 0 Å². The molecule has 0 aromatic heterocycles. The molecule has 1 aliphatic heterocycles. The summed E-state index contributed by atoms with van der Waals surface area (Å²) in [7, 11) is 0. The predicted octanol–water partition coefficient (Wildman–Crippen LogP) is -1.34. The molecule has 1 heterocycles. The number of nitrogens with one attached hydrogen (secondary N) is 2. The van der Waals surface area contributed by atoms with E-state index in [1.807, 2.05) is 0 Å². The van der Waals surface area contributed by atoms with Crippen molar-refractivity contribution < 1.29 is 17.4 Å². The van der Waals surface area contributed by atoms with Crippen LogP contribution in [0, 0.1) is 0 Å². The van der Waals surface area contributed by atoms with E-state index in [4.69, 9.17) is 11.5 Å². The number of piperazine rings is 1. The summed E-state index contributed by atoms with van der Waals surface area (Å²) < 4.78 is 0. The van der Waals surface area contributed by atoms with Crippen molar-refractivity contribution in [2.24, 2.45) is 11.5 Å². The van der Waals surface area contributed by atoms with Crippen LogP contribution in [-0.2, 0) is 17.4 Å². The topological polar surface area (TPSA) is 76.1 Å². The van der Waals surface area contributed by atoms with Gasteiger partial charge in [0.25, 0.3) is 0 Å². The van der Waals surface area contributed by atoms with E-state index in [1.54, 1.807) is 0 Å². The van der Waals surface area contributed by atoms with Crippen LogP contribution in [0.2, 0.25) is 0 Å². The van der Waals surface area contributed by atoms with Crippen molar-refractivity contribution in [1.29, 1.82) is 0 Å². The van der Waals surface area contributed by atoms with E-state index in [0.29, 0.717) is 13.1 Å². The zero-order chi connectivity index (χ0) is 7.66. The zero-order valence-corrected chi connectivity index (χ0v) is 10.2. The molecule has 6 N–H and O–H groups in total. The van der Waals surface area contributed by atoms with Crippen LogP contribution in [0.4, 0.5) is 0 Å². The van der Waals surface area contributed by atoms with Crippen LogP contribution >= 0.6 is 17.0 Å². The molecule has 0 unspecified atom stereocenters. The van der Waals surface area contributed by atoms with E-state index >= 15 is 0 Å². The van der Waals surface area contributed by atoms with Crippen LogP contribution in [0.25, 0.3) is 0 Å². The van der Waals surface area contributed by atoms with E-state index < -0.39 is 0 Å². The SMILES string of the molecule is Br.C1CNCCN1.NCCN.[Cr]. The van der Waals surface area contributed by atoms with Crippen molar-refractivity contribution in [2.75, 3.05) is 39.3 Å². The Morgan fingerprint density at radius 1 is 0.833 bits per heavy atom. The van der Waals surface area contributed by atoms with E-state index in [0.717, 1.165) is 26.2 Å². The Bertz CT molecular complexity index is 50.0. The van der Waals surface area contributed by atoms with Crippen LogP contribution in [-0.4, -0.2) is 39.3 Å². The minimum atomic E-state index is 0. The first-order valence-corrected chi connectivity index (χ1v) is 3.73. The summed E-state index contributed by atoms with van der Waals surface area (Å²) in [4.78, 5) is 0. The van der Waals surface area contributed by atoms with Crippen molar-refractivity contribution in [3.05, 3.63) is 0 Å². The van der Waals surface area contributed by atoms with Crippen molar-refractivity contribution in [2.45, 2.75) is 0 Å². The van der Waals surface area contributed by atoms with Crippen LogP contribution < -0.4 is 22.1 Å². The Labute approximate surface area is 95.7 Å². The number of nitrogens with two attached hydrogens (primary N) is 2. The van der Waals surface area contributed by atoms with Crippen LogP contribution in [0.1, 0.15) is 0 Å². The Morgan fingerprint density at radius 2 is 1.08 bits per heavy atom. The van der Waals surface area contributed by atoms with Crippen molar-refractivity contribution >= 4 is 17.0 Å². The maximum atomic E-state index is 4.90.